The summed E-state index contributed by atoms with van der Waals surface area (Å²) in [7, 11) is -3.95. The minimum atomic E-state index is -3.95. The number of esters is 1. The molecular weight excluding hydrogens is 308 g/mol. The summed E-state index contributed by atoms with van der Waals surface area (Å²) in [5.74, 6) is -0.392. The molecule has 1 rings (SSSR count). The second-order valence-electron chi connectivity index (χ2n) is 5.49. The molecule has 1 aromatic rings. The molecule has 0 heterocycles. The van der Waals surface area contributed by atoms with Crippen LogP contribution in [0, 0.1) is 12.8 Å². The summed E-state index contributed by atoms with van der Waals surface area (Å²) in [5, 5.41) is 9.65. The first-order valence-corrected chi connectivity index (χ1v) is 8.41. The van der Waals surface area contributed by atoms with Gasteiger partial charge in [-0.25, -0.2) is 0 Å². The first-order chi connectivity index (χ1) is 10.2. The molecule has 0 bridgehead atoms. The highest BCUT2D eigenvalue weighted by molar-refractivity contribution is 7.86. The van der Waals surface area contributed by atoms with E-state index in [0.29, 0.717) is 0 Å². The van der Waals surface area contributed by atoms with Gasteiger partial charge in [-0.2, -0.15) is 8.42 Å². The van der Waals surface area contributed by atoms with E-state index in [4.69, 9.17) is 8.92 Å². The quantitative estimate of drug-likeness (QED) is 0.576. The molecule has 0 saturated carbocycles. The van der Waals surface area contributed by atoms with E-state index in [0.717, 1.165) is 5.56 Å². The lowest BCUT2D eigenvalue weighted by molar-refractivity contribution is -0.147. The number of rotatable bonds is 8. The van der Waals surface area contributed by atoms with E-state index < -0.39 is 28.8 Å². The molecule has 0 saturated heterocycles. The van der Waals surface area contributed by atoms with Crippen LogP contribution in [0.1, 0.15) is 25.8 Å². The van der Waals surface area contributed by atoms with Crippen LogP contribution in [-0.2, 0) is 23.8 Å². The van der Waals surface area contributed by atoms with Gasteiger partial charge in [-0.3, -0.25) is 8.98 Å². The number of hydrogen-bond acceptors (Lipinski definition) is 6. The molecule has 22 heavy (non-hydrogen) atoms. The Labute approximate surface area is 131 Å². The van der Waals surface area contributed by atoms with E-state index in [1.165, 1.54) is 12.1 Å². The lowest BCUT2D eigenvalue weighted by atomic mass is 10.2. The second kappa shape index (κ2) is 8.26. The molecule has 124 valence electrons. The van der Waals surface area contributed by atoms with Crippen molar-refractivity contribution in [1.82, 2.24) is 0 Å². The van der Waals surface area contributed by atoms with Crippen LogP contribution in [0.4, 0.5) is 0 Å². The molecule has 1 atom stereocenters. The summed E-state index contributed by atoms with van der Waals surface area (Å²) in [4.78, 5) is 11.4. The van der Waals surface area contributed by atoms with Crippen LogP contribution in [0.15, 0.2) is 29.2 Å². The third-order valence-electron chi connectivity index (χ3n) is 2.71. The van der Waals surface area contributed by atoms with E-state index in [9.17, 15) is 18.3 Å². The summed E-state index contributed by atoms with van der Waals surface area (Å²) in [6.45, 7) is 5.38. The zero-order valence-electron chi connectivity index (χ0n) is 13.0. The lowest BCUT2D eigenvalue weighted by Gasteiger charge is -2.12. The fourth-order valence-corrected chi connectivity index (χ4v) is 2.45. The smallest absolute Gasteiger partial charge is 0.308 e. The van der Waals surface area contributed by atoms with Crippen molar-refractivity contribution in [3.05, 3.63) is 29.8 Å². The molecule has 0 aliphatic heterocycles. The SMILES string of the molecule is Cc1ccc(S(=O)(=O)OCC(O)CC(=O)OCC(C)C)cc1. The number of carbonyl (C=O) groups is 1. The highest BCUT2D eigenvalue weighted by Gasteiger charge is 2.19. The summed E-state index contributed by atoms with van der Waals surface area (Å²) in [6.07, 6.45) is -1.55. The van der Waals surface area contributed by atoms with E-state index in [1.54, 1.807) is 12.1 Å². The lowest BCUT2D eigenvalue weighted by Crippen LogP contribution is -2.23. The highest BCUT2D eigenvalue weighted by atomic mass is 32.2. The monoisotopic (exact) mass is 330 g/mol. The molecule has 0 spiro atoms. The molecule has 0 aliphatic carbocycles. The van der Waals surface area contributed by atoms with Gasteiger partial charge in [-0.1, -0.05) is 31.5 Å². The average Bonchev–Trinajstić information content (AvgIpc) is 2.43. The van der Waals surface area contributed by atoms with Crippen molar-refractivity contribution in [2.24, 2.45) is 5.92 Å². The zero-order chi connectivity index (χ0) is 16.8. The maximum Gasteiger partial charge on any atom is 0.308 e. The van der Waals surface area contributed by atoms with Gasteiger partial charge in [0.1, 0.15) is 0 Å². The van der Waals surface area contributed by atoms with Crippen LogP contribution in [0.5, 0.6) is 0 Å². The molecule has 0 aromatic heterocycles. The molecular formula is C15H22O6S. The minimum absolute atomic E-state index is 0.00712. The predicted molar refractivity (Wildman–Crippen MR) is 80.7 cm³/mol. The number of benzene rings is 1. The Hall–Kier alpha value is -1.44. The highest BCUT2D eigenvalue weighted by Crippen LogP contribution is 2.14. The molecule has 0 aliphatic rings. The molecule has 1 unspecified atom stereocenters. The van der Waals surface area contributed by atoms with Crippen LogP contribution in [-0.4, -0.2) is 38.8 Å². The maximum atomic E-state index is 11.9. The summed E-state index contributed by atoms with van der Waals surface area (Å²) in [5.41, 5.74) is 0.923. The molecule has 0 amide bonds. The third-order valence-corrected chi connectivity index (χ3v) is 4.00. The van der Waals surface area contributed by atoms with Gasteiger partial charge in [0.15, 0.2) is 0 Å². The summed E-state index contributed by atoms with van der Waals surface area (Å²) < 4.78 is 33.5. The van der Waals surface area contributed by atoms with Crippen molar-refractivity contribution >= 4 is 16.1 Å². The number of aliphatic hydroxyl groups excluding tert-OH is 1. The van der Waals surface area contributed by atoms with Gasteiger partial charge in [0.25, 0.3) is 10.1 Å². The molecule has 6 nitrogen and oxygen atoms in total. The molecule has 1 N–H and O–H groups in total. The van der Waals surface area contributed by atoms with Crippen LogP contribution in [0.25, 0.3) is 0 Å². The minimum Gasteiger partial charge on any atom is -0.465 e. The summed E-state index contributed by atoms with van der Waals surface area (Å²) in [6, 6.07) is 6.15. The Morgan fingerprint density at radius 1 is 1.18 bits per heavy atom. The van der Waals surface area contributed by atoms with Gasteiger partial charge in [-0.15, -0.1) is 0 Å². The summed E-state index contributed by atoms with van der Waals surface area (Å²) >= 11 is 0. The van der Waals surface area contributed by atoms with Crippen LogP contribution in [0.3, 0.4) is 0 Å². The number of aliphatic hydroxyl groups is 1. The van der Waals surface area contributed by atoms with Crippen LogP contribution >= 0.6 is 0 Å². The average molecular weight is 330 g/mol. The Bertz CT molecular complexity index is 577. The molecule has 7 heteroatoms. The van der Waals surface area contributed by atoms with Gasteiger partial charge in [0.05, 0.1) is 30.6 Å². The normalized spacial score (nSPS) is 13.1. The van der Waals surface area contributed by atoms with Gasteiger partial charge >= 0.3 is 5.97 Å². The van der Waals surface area contributed by atoms with Crippen molar-refractivity contribution in [2.45, 2.75) is 38.2 Å². The molecule has 0 radical (unpaired) electrons. The van der Waals surface area contributed by atoms with Crippen molar-refractivity contribution in [1.29, 1.82) is 0 Å². The van der Waals surface area contributed by atoms with Gasteiger partial charge in [0, 0.05) is 0 Å². The fraction of sp³-hybridized carbons (Fsp3) is 0.533. The van der Waals surface area contributed by atoms with Crippen LogP contribution < -0.4 is 0 Å². The van der Waals surface area contributed by atoms with E-state index in [-0.39, 0.29) is 23.8 Å². The Balaban J connectivity index is 2.47. The van der Waals surface area contributed by atoms with Gasteiger partial charge in [-0.05, 0) is 25.0 Å². The van der Waals surface area contributed by atoms with Crippen LogP contribution in [0.2, 0.25) is 0 Å². The second-order valence-corrected chi connectivity index (χ2v) is 7.10. The van der Waals surface area contributed by atoms with Gasteiger partial charge in [0.2, 0.25) is 0 Å². The predicted octanol–water partition coefficient (Wildman–Crippen LogP) is 1.65. The topological polar surface area (TPSA) is 89.9 Å². The van der Waals surface area contributed by atoms with Crippen molar-refractivity contribution in [3.63, 3.8) is 0 Å². The number of carbonyl (C=O) groups excluding carboxylic acids is 1. The van der Waals surface area contributed by atoms with E-state index in [1.807, 2.05) is 20.8 Å². The first kappa shape index (κ1) is 18.6. The van der Waals surface area contributed by atoms with E-state index in [2.05, 4.69) is 0 Å². The first-order valence-electron chi connectivity index (χ1n) is 7.00. The third kappa shape index (κ3) is 6.55. The van der Waals surface area contributed by atoms with Crippen molar-refractivity contribution < 1.29 is 27.2 Å². The molecule has 1 aromatic carbocycles. The number of aryl methyl sites for hydroxylation is 1. The Kier molecular flexibility index (Phi) is 6.99. The zero-order valence-corrected chi connectivity index (χ0v) is 13.8. The van der Waals surface area contributed by atoms with Gasteiger partial charge < -0.3 is 9.84 Å². The Morgan fingerprint density at radius 3 is 2.32 bits per heavy atom. The molecule has 0 fully saturated rings. The largest absolute Gasteiger partial charge is 0.465 e. The Morgan fingerprint density at radius 2 is 1.77 bits per heavy atom. The van der Waals surface area contributed by atoms with Crippen molar-refractivity contribution in [3.8, 4) is 0 Å². The van der Waals surface area contributed by atoms with E-state index >= 15 is 0 Å². The fourth-order valence-electron chi connectivity index (χ4n) is 1.51. The standard InChI is InChI=1S/C15H22O6S/c1-11(2)9-20-15(17)8-13(16)10-21-22(18,19)14-6-4-12(3)5-7-14/h4-7,11,13,16H,8-10H2,1-3H3. The van der Waals surface area contributed by atoms with Crippen molar-refractivity contribution in [2.75, 3.05) is 13.2 Å². The number of hydrogen-bond donors (Lipinski definition) is 1. The maximum absolute atomic E-state index is 11.9. The number of ether oxygens (including phenoxy) is 1.